The molecular weight excluding hydrogens is 250 g/mol. The number of carbonyl (C=O) groups excluding carboxylic acids is 1. The van der Waals surface area contributed by atoms with Crippen LogP contribution in [0.1, 0.15) is 5.69 Å². The lowest BCUT2D eigenvalue weighted by atomic mass is 10.2. The van der Waals surface area contributed by atoms with Crippen LogP contribution in [0.4, 0.5) is 0 Å². The Morgan fingerprint density at radius 3 is 2.72 bits per heavy atom. The van der Waals surface area contributed by atoms with Crippen LogP contribution in [-0.4, -0.2) is 29.5 Å². The number of benzene rings is 1. The summed E-state index contributed by atoms with van der Waals surface area (Å²) in [5, 5.41) is 1.72. The van der Waals surface area contributed by atoms with E-state index in [0.717, 1.165) is 23.1 Å². The molecule has 0 aliphatic carbocycles. The fraction of sp³-hybridized carbons (Fsp3) is 0.308. The summed E-state index contributed by atoms with van der Waals surface area (Å²) in [5.74, 6) is -0.345. The first-order chi connectivity index (χ1) is 8.47. The Labute approximate surface area is 111 Å². The molecule has 0 spiro atoms. The van der Waals surface area contributed by atoms with Crippen molar-refractivity contribution in [1.82, 2.24) is 9.47 Å². The van der Waals surface area contributed by atoms with Gasteiger partial charge in [-0.25, -0.2) is 0 Å². The number of halogens is 1. The summed E-state index contributed by atoms with van der Waals surface area (Å²) in [4.78, 5) is 13.2. The molecule has 18 heavy (non-hydrogen) atoms. The Morgan fingerprint density at radius 1 is 1.39 bits per heavy atom. The molecule has 1 aromatic heterocycles. The number of nitrogens with zero attached hydrogens (tertiary/aromatic N) is 2. The average Bonchev–Trinajstić information content (AvgIpc) is 2.54. The Bertz CT molecular complexity index is 589. The van der Waals surface area contributed by atoms with Gasteiger partial charge in [-0.1, -0.05) is 11.6 Å². The second kappa shape index (κ2) is 5.00. The maximum Gasteiger partial charge on any atom is 0.237 e. The number of primary amides is 1. The van der Waals surface area contributed by atoms with E-state index in [0.29, 0.717) is 5.02 Å². The third kappa shape index (κ3) is 2.66. The molecule has 2 N–H and O–H groups in total. The molecule has 0 atom stereocenters. The molecule has 0 aliphatic heterocycles. The highest BCUT2D eigenvalue weighted by molar-refractivity contribution is 6.31. The largest absolute Gasteiger partial charge is 0.368 e. The molecule has 0 fully saturated rings. The Hall–Kier alpha value is -1.52. The van der Waals surface area contributed by atoms with Crippen molar-refractivity contribution >= 4 is 28.4 Å². The Balaban J connectivity index is 2.56. The summed E-state index contributed by atoms with van der Waals surface area (Å²) in [6, 6.07) is 7.68. The standard InChI is InChI=1S/C13H16ClN3O/c1-16(2)7-11-6-9-5-10(14)3-4-12(9)17(11)8-13(15)18/h3-6H,7-8H2,1-2H3,(H2,15,18). The minimum absolute atomic E-state index is 0.189. The second-order valence-corrected chi connectivity index (χ2v) is 5.07. The van der Waals surface area contributed by atoms with E-state index < -0.39 is 0 Å². The van der Waals surface area contributed by atoms with Crippen molar-refractivity contribution in [2.45, 2.75) is 13.1 Å². The molecule has 5 heteroatoms. The lowest BCUT2D eigenvalue weighted by Gasteiger charge is -2.13. The van der Waals surface area contributed by atoms with Gasteiger partial charge in [-0.15, -0.1) is 0 Å². The van der Waals surface area contributed by atoms with Gasteiger partial charge in [0.15, 0.2) is 0 Å². The van der Waals surface area contributed by atoms with Gasteiger partial charge < -0.3 is 15.2 Å². The van der Waals surface area contributed by atoms with E-state index in [1.165, 1.54) is 0 Å². The van der Waals surface area contributed by atoms with Crippen LogP contribution in [0.2, 0.25) is 5.02 Å². The van der Waals surface area contributed by atoms with Gasteiger partial charge in [0.1, 0.15) is 6.54 Å². The van der Waals surface area contributed by atoms with Gasteiger partial charge in [0.2, 0.25) is 5.91 Å². The number of fused-ring (bicyclic) bond motifs is 1. The van der Waals surface area contributed by atoms with Crippen molar-refractivity contribution in [1.29, 1.82) is 0 Å². The molecule has 2 rings (SSSR count). The predicted molar refractivity (Wildman–Crippen MR) is 73.5 cm³/mol. The summed E-state index contributed by atoms with van der Waals surface area (Å²) in [6.07, 6.45) is 0. The van der Waals surface area contributed by atoms with Crippen LogP contribution in [0.25, 0.3) is 10.9 Å². The quantitative estimate of drug-likeness (QED) is 0.917. The van der Waals surface area contributed by atoms with Crippen molar-refractivity contribution in [3.8, 4) is 0 Å². The van der Waals surface area contributed by atoms with Gasteiger partial charge in [-0.2, -0.15) is 0 Å². The molecule has 0 unspecified atom stereocenters. The van der Waals surface area contributed by atoms with Crippen molar-refractivity contribution in [3.05, 3.63) is 35.0 Å². The third-order valence-electron chi connectivity index (χ3n) is 2.74. The molecule has 4 nitrogen and oxygen atoms in total. The van der Waals surface area contributed by atoms with E-state index in [4.69, 9.17) is 17.3 Å². The van der Waals surface area contributed by atoms with Gasteiger partial charge in [0, 0.05) is 28.2 Å². The normalized spacial score (nSPS) is 11.3. The zero-order chi connectivity index (χ0) is 13.3. The van der Waals surface area contributed by atoms with Crippen LogP contribution in [0.15, 0.2) is 24.3 Å². The number of carbonyl (C=O) groups is 1. The zero-order valence-electron chi connectivity index (χ0n) is 10.5. The monoisotopic (exact) mass is 265 g/mol. The van der Waals surface area contributed by atoms with E-state index >= 15 is 0 Å². The summed E-state index contributed by atoms with van der Waals surface area (Å²) in [5.41, 5.74) is 7.34. The number of nitrogens with two attached hydrogens (primary N) is 1. The molecule has 1 amide bonds. The topological polar surface area (TPSA) is 51.3 Å². The lowest BCUT2D eigenvalue weighted by Crippen LogP contribution is -2.22. The smallest absolute Gasteiger partial charge is 0.237 e. The highest BCUT2D eigenvalue weighted by Crippen LogP contribution is 2.24. The fourth-order valence-electron chi connectivity index (χ4n) is 2.10. The predicted octanol–water partition coefficient (Wildman–Crippen LogP) is 1.84. The number of hydrogen-bond acceptors (Lipinski definition) is 2. The minimum atomic E-state index is -0.345. The molecule has 0 saturated heterocycles. The molecule has 0 bridgehead atoms. The Kier molecular flexibility index (Phi) is 3.59. The van der Waals surface area contributed by atoms with Gasteiger partial charge in [0.05, 0.1) is 0 Å². The first-order valence-electron chi connectivity index (χ1n) is 5.68. The average molecular weight is 266 g/mol. The Morgan fingerprint density at radius 2 is 2.11 bits per heavy atom. The first kappa shape index (κ1) is 12.9. The van der Waals surface area contributed by atoms with Crippen molar-refractivity contribution in [2.75, 3.05) is 14.1 Å². The van der Waals surface area contributed by atoms with E-state index in [1.807, 2.05) is 47.8 Å². The molecule has 96 valence electrons. The maximum atomic E-state index is 11.2. The second-order valence-electron chi connectivity index (χ2n) is 4.63. The summed E-state index contributed by atoms with van der Waals surface area (Å²) >= 11 is 5.98. The number of amides is 1. The van der Waals surface area contributed by atoms with Crippen LogP contribution >= 0.6 is 11.6 Å². The molecule has 0 saturated carbocycles. The minimum Gasteiger partial charge on any atom is -0.368 e. The maximum absolute atomic E-state index is 11.2. The van der Waals surface area contributed by atoms with E-state index in [9.17, 15) is 4.79 Å². The van der Waals surface area contributed by atoms with Crippen molar-refractivity contribution < 1.29 is 4.79 Å². The summed E-state index contributed by atoms with van der Waals surface area (Å²) < 4.78 is 1.94. The van der Waals surface area contributed by atoms with Gasteiger partial charge in [-0.05, 0) is 38.4 Å². The number of hydrogen-bond donors (Lipinski definition) is 1. The van der Waals surface area contributed by atoms with Gasteiger partial charge in [0.25, 0.3) is 0 Å². The van der Waals surface area contributed by atoms with Crippen LogP contribution in [-0.2, 0) is 17.9 Å². The lowest BCUT2D eigenvalue weighted by molar-refractivity contribution is -0.118. The summed E-state index contributed by atoms with van der Waals surface area (Å²) in [7, 11) is 3.97. The zero-order valence-corrected chi connectivity index (χ0v) is 11.2. The van der Waals surface area contributed by atoms with Gasteiger partial charge in [-0.3, -0.25) is 4.79 Å². The fourth-order valence-corrected chi connectivity index (χ4v) is 2.28. The van der Waals surface area contributed by atoms with Crippen LogP contribution in [0, 0.1) is 0 Å². The van der Waals surface area contributed by atoms with E-state index in [-0.39, 0.29) is 12.5 Å². The van der Waals surface area contributed by atoms with E-state index in [2.05, 4.69) is 0 Å². The first-order valence-corrected chi connectivity index (χ1v) is 6.06. The number of aromatic nitrogens is 1. The van der Waals surface area contributed by atoms with Crippen molar-refractivity contribution in [3.63, 3.8) is 0 Å². The van der Waals surface area contributed by atoms with Gasteiger partial charge >= 0.3 is 0 Å². The summed E-state index contributed by atoms with van der Waals surface area (Å²) in [6.45, 7) is 0.938. The molecule has 1 aromatic carbocycles. The highest BCUT2D eigenvalue weighted by Gasteiger charge is 2.11. The van der Waals surface area contributed by atoms with Crippen LogP contribution < -0.4 is 5.73 Å². The van der Waals surface area contributed by atoms with Crippen molar-refractivity contribution in [2.24, 2.45) is 5.73 Å². The SMILES string of the molecule is CN(C)Cc1cc2cc(Cl)ccc2n1CC(N)=O. The number of rotatable bonds is 4. The van der Waals surface area contributed by atoms with Crippen LogP contribution in [0.5, 0.6) is 0 Å². The molecular formula is C13H16ClN3O. The van der Waals surface area contributed by atoms with E-state index in [1.54, 1.807) is 0 Å². The highest BCUT2D eigenvalue weighted by atomic mass is 35.5. The molecule has 0 radical (unpaired) electrons. The van der Waals surface area contributed by atoms with Crippen LogP contribution in [0.3, 0.4) is 0 Å². The third-order valence-corrected chi connectivity index (χ3v) is 2.98. The molecule has 1 heterocycles. The molecule has 0 aliphatic rings. The molecule has 2 aromatic rings.